The van der Waals surface area contributed by atoms with Crippen LogP contribution in [0.3, 0.4) is 0 Å². The van der Waals surface area contributed by atoms with Crippen molar-refractivity contribution in [2.75, 3.05) is 14.2 Å². The highest BCUT2D eigenvalue weighted by atomic mass is 35.5. The molecule has 4 aromatic carbocycles. The first-order valence-corrected chi connectivity index (χ1v) is 13.6. The molecule has 0 aliphatic rings. The van der Waals surface area contributed by atoms with E-state index in [0.29, 0.717) is 21.8 Å². The molecule has 0 fully saturated rings. The largest absolute Gasteiger partial charge is 0.493 e. The first-order chi connectivity index (χ1) is 21.3. The molecule has 0 radical (unpaired) electrons. The molecular formula is C33H26ClN3O7. The number of nitrogens with zero attached hydrogens (tertiary/aromatic N) is 1. The number of ether oxygens (including phenoxy) is 4. The number of hydrogen-bond donors (Lipinski definition) is 2. The molecular weight excluding hydrogens is 586 g/mol. The van der Waals surface area contributed by atoms with Crippen molar-refractivity contribution in [1.29, 1.82) is 0 Å². The number of H-pyrrole nitrogens is 1. The quantitative estimate of drug-likeness (QED) is 0.0852. The molecule has 1 amide bonds. The SMILES string of the molecule is COc1cc(C(=O)Oc2ccc(C=NNC(=O)c3[nH]c4ccc(Cl)cc4c3-c3ccccc3)cc2OC)ccc1OC(C)=O. The Bertz CT molecular complexity index is 1900. The van der Waals surface area contributed by atoms with Gasteiger partial charge >= 0.3 is 11.9 Å². The Morgan fingerprint density at radius 3 is 2.25 bits per heavy atom. The highest BCUT2D eigenvalue weighted by Crippen LogP contribution is 2.34. The zero-order valence-electron chi connectivity index (χ0n) is 23.8. The van der Waals surface area contributed by atoms with Gasteiger partial charge in [-0.05, 0) is 65.7 Å². The maximum absolute atomic E-state index is 13.2. The molecule has 0 unspecified atom stereocenters. The van der Waals surface area contributed by atoms with Crippen LogP contribution in [0.5, 0.6) is 23.0 Å². The van der Waals surface area contributed by atoms with E-state index in [1.54, 1.807) is 24.3 Å². The Morgan fingerprint density at radius 1 is 0.818 bits per heavy atom. The Morgan fingerprint density at radius 2 is 1.52 bits per heavy atom. The Hall–Kier alpha value is -5.61. The van der Waals surface area contributed by atoms with Crippen LogP contribution in [0.2, 0.25) is 5.02 Å². The Kier molecular flexibility index (Phi) is 8.92. The monoisotopic (exact) mass is 611 g/mol. The van der Waals surface area contributed by atoms with Crippen molar-refractivity contribution < 1.29 is 33.3 Å². The molecule has 0 aliphatic carbocycles. The van der Waals surface area contributed by atoms with Crippen LogP contribution < -0.4 is 24.4 Å². The average Bonchev–Trinajstić information content (AvgIpc) is 3.40. The number of carbonyl (C=O) groups excluding carboxylic acids is 3. The summed E-state index contributed by atoms with van der Waals surface area (Å²) >= 11 is 6.25. The van der Waals surface area contributed by atoms with E-state index in [1.165, 1.54) is 45.6 Å². The van der Waals surface area contributed by atoms with E-state index >= 15 is 0 Å². The number of nitrogens with one attached hydrogen (secondary N) is 2. The first-order valence-electron chi connectivity index (χ1n) is 13.2. The number of halogens is 1. The van der Waals surface area contributed by atoms with Crippen molar-refractivity contribution in [1.82, 2.24) is 10.4 Å². The average molecular weight is 612 g/mol. The van der Waals surface area contributed by atoms with Crippen molar-refractivity contribution in [2.24, 2.45) is 5.10 Å². The third-order valence-corrected chi connectivity index (χ3v) is 6.71. The zero-order chi connectivity index (χ0) is 31.2. The van der Waals surface area contributed by atoms with Gasteiger partial charge in [0.25, 0.3) is 5.91 Å². The number of carbonyl (C=O) groups is 3. The Labute approximate surface area is 257 Å². The molecule has 1 aromatic heterocycles. The number of hydrogen-bond acceptors (Lipinski definition) is 8. The van der Waals surface area contributed by atoms with Crippen molar-refractivity contribution in [3.05, 3.63) is 107 Å². The summed E-state index contributed by atoms with van der Waals surface area (Å²) in [4.78, 5) is 40.5. The molecule has 0 atom stereocenters. The van der Waals surface area contributed by atoms with Crippen LogP contribution >= 0.6 is 11.6 Å². The van der Waals surface area contributed by atoms with E-state index in [9.17, 15) is 14.4 Å². The summed E-state index contributed by atoms with van der Waals surface area (Å²) in [6.07, 6.45) is 1.44. The molecule has 5 rings (SSSR count). The smallest absolute Gasteiger partial charge is 0.343 e. The van der Waals surface area contributed by atoms with Gasteiger partial charge in [0.15, 0.2) is 23.0 Å². The molecule has 1 heterocycles. The fourth-order valence-corrected chi connectivity index (χ4v) is 4.67. The van der Waals surface area contributed by atoms with Gasteiger partial charge in [-0.3, -0.25) is 9.59 Å². The summed E-state index contributed by atoms with van der Waals surface area (Å²) in [7, 11) is 2.82. The fraction of sp³-hybridized carbons (Fsp3) is 0.0909. The normalized spacial score (nSPS) is 10.9. The fourth-order valence-electron chi connectivity index (χ4n) is 4.50. The summed E-state index contributed by atoms with van der Waals surface area (Å²) in [6, 6.07) is 24.0. The van der Waals surface area contributed by atoms with Gasteiger partial charge in [-0.15, -0.1) is 0 Å². The summed E-state index contributed by atoms with van der Waals surface area (Å²) in [5, 5.41) is 5.48. The molecule has 222 valence electrons. The molecule has 11 heteroatoms. The molecule has 5 aromatic rings. The van der Waals surface area contributed by atoms with Crippen LogP contribution in [-0.2, 0) is 4.79 Å². The Balaban J connectivity index is 1.32. The van der Waals surface area contributed by atoms with E-state index in [4.69, 9.17) is 30.5 Å². The van der Waals surface area contributed by atoms with Gasteiger partial charge in [0, 0.05) is 28.4 Å². The van der Waals surface area contributed by atoms with Gasteiger partial charge < -0.3 is 23.9 Å². The van der Waals surface area contributed by atoms with Crippen molar-refractivity contribution in [3.63, 3.8) is 0 Å². The maximum atomic E-state index is 13.2. The number of aromatic nitrogens is 1. The number of aromatic amines is 1. The number of rotatable bonds is 9. The van der Waals surface area contributed by atoms with Gasteiger partial charge in [0.05, 0.1) is 26.0 Å². The van der Waals surface area contributed by atoms with Crippen molar-refractivity contribution in [3.8, 4) is 34.1 Å². The lowest BCUT2D eigenvalue weighted by atomic mass is 10.0. The number of benzene rings is 4. The van der Waals surface area contributed by atoms with E-state index in [-0.39, 0.29) is 28.6 Å². The van der Waals surface area contributed by atoms with Crippen LogP contribution in [0.15, 0.2) is 90.0 Å². The highest BCUT2D eigenvalue weighted by Gasteiger charge is 2.20. The van der Waals surface area contributed by atoms with Gasteiger partial charge in [-0.2, -0.15) is 5.10 Å². The second kappa shape index (κ2) is 13.1. The highest BCUT2D eigenvalue weighted by molar-refractivity contribution is 6.31. The minimum atomic E-state index is -0.682. The molecule has 44 heavy (non-hydrogen) atoms. The van der Waals surface area contributed by atoms with E-state index in [1.807, 2.05) is 42.5 Å². The predicted molar refractivity (Wildman–Crippen MR) is 166 cm³/mol. The number of amides is 1. The van der Waals surface area contributed by atoms with Crippen molar-refractivity contribution in [2.45, 2.75) is 6.92 Å². The molecule has 0 saturated heterocycles. The van der Waals surface area contributed by atoms with E-state index in [0.717, 1.165) is 16.5 Å². The van der Waals surface area contributed by atoms with Crippen LogP contribution in [0.1, 0.15) is 33.3 Å². The topological polar surface area (TPSA) is 128 Å². The lowest BCUT2D eigenvalue weighted by molar-refractivity contribution is -0.132. The number of methoxy groups -OCH3 is 2. The molecule has 0 bridgehead atoms. The van der Waals surface area contributed by atoms with E-state index < -0.39 is 17.8 Å². The van der Waals surface area contributed by atoms with Gasteiger partial charge in [0.1, 0.15) is 5.69 Å². The maximum Gasteiger partial charge on any atom is 0.343 e. The summed E-state index contributed by atoms with van der Waals surface area (Å²) < 4.78 is 21.2. The summed E-state index contributed by atoms with van der Waals surface area (Å²) in [6.45, 7) is 1.26. The molecule has 0 saturated carbocycles. The van der Waals surface area contributed by atoms with Crippen LogP contribution in [-0.4, -0.2) is 43.3 Å². The molecule has 0 aliphatic heterocycles. The molecule has 2 N–H and O–H groups in total. The van der Waals surface area contributed by atoms with Crippen molar-refractivity contribution >= 4 is 46.6 Å². The zero-order valence-corrected chi connectivity index (χ0v) is 24.6. The van der Waals surface area contributed by atoms with E-state index in [2.05, 4.69) is 15.5 Å². The number of hydrazone groups is 1. The third-order valence-electron chi connectivity index (χ3n) is 6.47. The third kappa shape index (κ3) is 6.55. The predicted octanol–water partition coefficient (Wildman–Crippen LogP) is 6.41. The number of esters is 2. The van der Waals surface area contributed by atoms with Gasteiger partial charge in [-0.25, -0.2) is 10.2 Å². The number of fused-ring (bicyclic) bond motifs is 1. The standard InChI is InChI=1S/C33H26ClN3O7/c1-19(38)43-26-14-10-22(16-29(26)42-3)33(40)44-27-13-9-20(15-28(27)41-2)18-35-37-32(39)31-30(21-7-5-4-6-8-21)24-17-23(34)11-12-25(24)36-31/h4-18,36H,1-3H3,(H,37,39). The molecule has 10 nitrogen and oxygen atoms in total. The van der Waals surface area contributed by atoms with Gasteiger partial charge in [0.2, 0.25) is 0 Å². The van der Waals surface area contributed by atoms with Crippen LogP contribution in [0.25, 0.3) is 22.0 Å². The second-order valence-corrected chi connectivity index (χ2v) is 9.83. The lowest BCUT2D eigenvalue weighted by Gasteiger charge is -2.12. The minimum absolute atomic E-state index is 0.158. The first kappa shape index (κ1) is 29.9. The lowest BCUT2D eigenvalue weighted by Crippen LogP contribution is -2.18. The summed E-state index contributed by atoms with van der Waals surface area (Å²) in [5.74, 6) is -0.857. The molecule has 0 spiro atoms. The van der Waals surface area contributed by atoms with Crippen LogP contribution in [0.4, 0.5) is 0 Å². The van der Waals surface area contributed by atoms with Crippen LogP contribution in [0, 0.1) is 0 Å². The summed E-state index contributed by atoms with van der Waals surface area (Å²) in [5.41, 5.74) is 5.96. The minimum Gasteiger partial charge on any atom is -0.493 e. The van der Waals surface area contributed by atoms with Gasteiger partial charge in [-0.1, -0.05) is 41.9 Å². The second-order valence-electron chi connectivity index (χ2n) is 9.39.